The van der Waals surface area contributed by atoms with E-state index in [1.165, 1.54) is 20.7 Å². The van der Waals surface area contributed by atoms with Gasteiger partial charge in [0.05, 0.1) is 18.4 Å². The van der Waals surface area contributed by atoms with Gasteiger partial charge in [0, 0.05) is 31.5 Å². The summed E-state index contributed by atoms with van der Waals surface area (Å²) >= 11 is 0. The van der Waals surface area contributed by atoms with E-state index in [4.69, 9.17) is 0 Å². The Balaban J connectivity index is 1.18. The molecule has 2 atom stereocenters. The molecule has 0 saturated carbocycles. The number of hydrogen-bond donors (Lipinski definition) is 3. The van der Waals surface area contributed by atoms with Crippen molar-refractivity contribution in [3.05, 3.63) is 47.0 Å². The van der Waals surface area contributed by atoms with E-state index in [0.29, 0.717) is 11.3 Å². The van der Waals surface area contributed by atoms with E-state index in [0.717, 1.165) is 5.56 Å². The minimum absolute atomic E-state index is 0.0122. The third-order valence-corrected chi connectivity index (χ3v) is 6.79. The number of imide groups is 1. The van der Waals surface area contributed by atoms with Crippen LogP contribution in [0.2, 0.25) is 0 Å². The standard InChI is InChI=1S/C21H20N10O5/c32-16-4-3-15(17(33)22-16)30-8-11-1-2-12(7-13(11)18(30)34)31-9-14(23-28-31)19(35)29-6-5-21(36,10-29)20-24-26-27-25-20/h1-2,7,9,15,36H,3-6,8,10H2,(H,22,32,33)(H,24,25,26,27). The summed E-state index contributed by atoms with van der Waals surface area (Å²) in [4.78, 5) is 52.6. The number of benzene rings is 1. The number of nitrogens with zero attached hydrogens (tertiary/aromatic N) is 8. The van der Waals surface area contributed by atoms with Crippen LogP contribution in [-0.4, -0.2) is 93.3 Å². The van der Waals surface area contributed by atoms with Gasteiger partial charge in [-0.25, -0.2) is 4.68 Å². The van der Waals surface area contributed by atoms with Crippen molar-refractivity contribution in [2.75, 3.05) is 13.1 Å². The molecule has 4 amide bonds. The third kappa shape index (κ3) is 3.51. The van der Waals surface area contributed by atoms with Gasteiger partial charge >= 0.3 is 0 Å². The molecule has 15 heteroatoms. The van der Waals surface area contributed by atoms with Crippen LogP contribution in [0.4, 0.5) is 0 Å². The van der Waals surface area contributed by atoms with Gasteiger partial charge in [-0.15, -0.1) is 15.3 Å². The Morgan fingerprint density at radius 3 is 2.83 bits per heavy atom. The number of H-pyrrole nitrogens is 1. The number of aromatic nitrogens is 7. The average molecular weight is 492 g/mol. The molecule has 15 nitrogen and oxygen atoms in total. The highest BCUT2D eigenvalue weighted by atomic mass is 16.3. The summed E-state index contributed by atoms with van der Waals surface area (Å²) in [6, 6.07) is 4.45. The molecule has 6 rings (SSSR count). The maximum Gasteiger partial charge on any atom is 0.276 e. The fourth-order valence-corrected chi connectivity index (χ4v) is 4.84. The summed E-state index contributed by atoms with van der Waals surface area (Å²) in [7, 11) is 0. The van der Waals surface area contributed by atoms with Gasteiger partial charge in [-0.05, 0) is 24.1 Å². The van der Waals surface area contributed by atoms with Crippen LogP contribution in [0.1, 0.15) is 51.5 Å². The van der Waals surface area contributed by atoms with E-state index in [1.54, 1.807) is 18.2 Å². The lowest BCUT2D eigenvalue weighted by atomic mass is 10.0. The number of tetrazole rings is 1. The van der Waals surface area contributed by atoms with Crippen LogP contribution in [0.25, 0.3) is 5.69 Å². The van der Waals surface area contributed by atoms with E-state index in [9.17, 15) is 24.3 Å². The van der Waals surface area contributed by atoms with E-state index in [1.807, 2.05) is 0 Å². The normalized spacial score (nSPS) is 23.8. The highest BCUT2D eigenvalue weighted by molar-refractivity contribution is 6.05. The number of aromatic amines is 1. The molecule has 2 fully saturated rings. The molecule has 0 spiro atoms. The summed E-state index contributed by atoms with van der Waals surface area (Å²) in [5, 5.41) is 34.5. The number of amides is 4. The number of carbonyl (C=O) groups is 4. The first-order chi connectivity index (χ1) is 17.3. The molecule has 1 aromatic carbocycles. The first kappa shape index (κ1) is 22.0. The second kappa shape index (κ2) is 8.01. The van der Waals surface area contributed by atoms with E-state index >= 15 is 0 Å². The van der Waals surface area contributed by atoms with Gasteiger partial charge < -0.3 is 14.9 Å². The summed E-state index contributed by atoms with van der Waals surface area (Å²) in [6.07, 6.45) is 2.17. The van der Waals surface area contributed by atoms with Crippen LogP contribution in [0.5, 0.6) is 0 Å². The van der Waals surface area contributed by atoms with Crippen LogP contribution >= 0.6 is 0 Å². The Kier molecular flexibility index (Phi) is 4.89. The molecule has 2 saturated heterocycles. The zero-order valence-corrected chi connectivity index (χ0v) is 18.8. The number of piperidine rings is 1. The zero-order valence-electron chi connectivity index (χ0n) is 18.8. The van der Waals surface area contributed by atoms with Crippen molar-refractivity contribution in [3.8, 4) is 5.69 Å². The molecular formula is C21H20N10O5. The van der Waals surface area contributed by atoms with Crippen molar-refractivity contribution in [2.45, 2.75) is 37.5 Å². The van der Waals surface area contributed by atoms with E-state index in [2.05, 4.69) is 36.3 Å². The Labute approximate surface area is 202 Å². The summed E-state index contributed by atoms with van der Waals surface area (Å²) in [5.41, 5.74) is 0.369. The maximum absolute atomic E-state index is 13.1. The topological polar surface area (TPSA) is 192 Å². The van der Waals surface area contributed by atoms with Gasteiger partial charge in [-0.2, -0.15) is 5.21 Å². The number of likely N-dealkylation sites (tertiary alicyclic amines) is 1. The Hall–Kier alpha value is -4.53. The molecule has 0 bridgehead atoms. The van der Waals surface area contributed by atoms with Crippen molar-refractivity contribution in [3.63, 3.8) is 0 Å². The SMILES string of the molecule is O=C1CCC(N2Cc3ccc(-n4cc(C(=O)N5CCC(O)(c6nn[nH]n6)C5)nn4)cc3C2=O)C(=O)N1. The highest BCUT2D eigenvalue weighted by Gasteiger charge is 2.44. The van der Waals surface area contributed by atoms with Gasteiger partial charge in [0.1, 0.15) is 11.6 Å². The molecular weight excluding hydrogens is 472 g/mol. The first-order valence-corrected chi connectivity index (χ1v) is 11.3. The lowest BCUT2D eigenvalue weighted by Gasteiger charge is -2.29. The number of rotatable bonds is 4. The number of hydrogen-bond acceptors (Lipinski definition) is 10. The Bertz CT molecular complexity index is 1400. The molecule has 0 radical (unpaired) electrons. The monoisotopic (exact) mass is 492 g/mol. The van der Waals surface area contributed by atoms with Crippen molar-refractivity contribution < 1.29 is 24.3 Å². The quantitative estimate of drug-likeness (QED) is 0.353. The van der Waals surface area contributed by atoms with Gasteiger partial charge in [-0.3, -0.25) is 24.5 Å². The largest absolute Gasteiger partial charge is 0.380 e. The minimum Gasteiger partial charge on any atom is -0.380 e. The highest BCUT2D eigenvalue weighted by Crippen LogP contribution is 2.31. The fourth-order valence-electron chi connectivity index (χ4n) is 4.84. The smallest absolute Gasteiger partial charge is 0.276 e. The van der Waals surface area contributed by atoms with Crippen LogP contribution in [0, 0.1) is 0 Å². The lowest BCUT2D eigenvalue weighted by Crippen LogP contribution is -2.52. The zero-order chi connectivity index (χ0) is 25.0. The number of carbonyl (C=O) groups excluding carboxylic acids is 4. The average Bonchev–Trinajstić information content (AvgIpc) is 3.66. The second-order valence-corrected chi connectivity index (χ2v) is 9.03. The summed E-state index contributed by atoms with van der Waals surface area (Å²) in [5.74, 6) is -1.42. The molecule has 3 N–H and O–H groups in total. The predicted octanol–water partition coefficient (Wildman–Crippen LogP) is -1.72. The fraction of sp³-hybridized carbons (Fsp3) is 0.381. The maximum atomic E-state index is 13.1. The Morgan fingerprint density at radius 2 is 2.06 bits per heavy atom. The minimum atomic E-state index is -1.40. The molecule has 36 heavy (non-hydrogen) atoms. The first-order valence-electron chi connectivity index (χ1n) is 11.3. The van der Waals surface area contributed by atoms with Crippen molar-refractivity contribution in [1.29, 1.82) is 0 Å². The van der Waals surface area contributed by atoms with Gasteiger partial charge in [0.15, 0.2) is 5.69 Å². The van der Waals surface area contributed by atoms with Gasteiger partial charge in [0.25, 0.3) is 11.8 Å². The van der Waals surface area contributed by atoms with E-state index in [-0.39, 0.29) is 62.2 Å². The second-order valence-electron chi connectivity index (χ2n) is 9.03. The summed E-state index contributed by atoms with van der Waals surface area (Å²) in [6.45, 7) is 0.530. The number of nitrogens with one attached hydrogen (secondary N) is 2. The van der Waals surface area contributed by atoms with Crippen molar-refractivity contribution >= 4 is 23.6 Å². The summed E-state index contributed by atoms with van der Waals surface area (Å²) < 4.78 is 1.39. The van der Waals surface area contributed by atoms with Crippen LogP contribution in [-0.2, 0) is 21.7 Å². The van der Waals surface area contributed by atoms with Gasteiger partial charge in [-0.1, -0.05) is 16.5 Å². The molecule has 2 unspecified atom stereocenters. The third-order valence-electron chi connectivity index (χ3n) is 6.79. The molecule has 3 aliphatic rings. The molecule has 3 aromatic rings. The molecule has 0 aliphatic carbocycles. The van der Waals surface area contributed by atoms with Crippen molar-refractivity contribution in [1.82, 2.24) is 50.7 Å². The predicted molar refractivity (Wildman–Crippen MR) is 116 cm³/mol. The molecule has 184 valence electrons. The molecule has 3 aliphatic heterocycles. The van der Waals surface area contributed by atoms with Crippen LogP contribution < -0.4 is 5.32 Å². The Morgan fingerprint density at radius 1 is 1.19 bits per heavy atom. The lowest BCUT2D eigenvalue weighted by molar-refractivity contribution is -0.136. The van der Waals surface area contributed by atoms with Gasteiger partial charge in [0.2, 0.25) is 17.6 Å². The van der Waals surface area contributed by atoms with Crippen molar-refractivity contribution in [2.24, 2.45) is 0 Å². The molecule has 5 heterocycles. The number of β-amino-alcohol motifs (C(OH)–C–C–N with tert-alkyl or cyclic N) is 1. The molecule has 2 aromatic heterocycles. The van der Waals surface area contributed by atoms with Crippen LogP contribution in [0.3, 0.4) is 0 Å². The number of aliphatic hydroxyl groups is 1. The number of fused-ring (bicyclic) bond motifs is 1. The van der Waals surface area contributed by atoms with E-state index < -0.39 is 23.5 Å². The van der Waals surface area contributed by atoms with Crippen LogP contribution in [0.15, 0.2) is 24.4 Å².